The quantitative estimate of drug-likeness (QED) is 0.788. The third-order valence-corrected chi connectivity index (χ3v) is 1.86. The summed E-state index contributed by atoms with van der Waals surface area (Å²) in [5.41, 5.74) is -1.34. The van der Waals surface area contributed by atoms with E-state index in [1.807, 2.05) is 0 Å². The van der Waals surface area contributed by atoms with E-state index in [4.69, 9.17) is 5.11 Å². The van der Waals surface area contributed by atoms with Crippen LogP contribution in [0.1, 0.15) is 5.56 Å². The fourth-order valence-electron chi connectivity index (χ4n) is 1.11. The molecule has 0 aliphatic heterocycles. The van der Waals surface area contributed by atoms with E-state index in [-0.39, 0.29) is 5.69 Å². The lowest BCUT2D eigenvalue weighted by molar-refractivity contribution is -0.137. The van der Waals surface area contributed by atoms with Gasteiger partial charge in [0.2, 0.25) is 0 Å². The van der Waals surface area contributed by atoms with Gasteiger partial charge in [0.25, 0.3) is 0 Å². The zero-order valence-electron chi connectivity index (χ0n) is 7.75. The minimum absolute atomic E-state index is 0.377. The minimum atomic E-state index is -4.56. The first kappa shape index (κ1) is 11.4. The Morgan fingerprint density at radius 2 is 1.87 bits per heavy atom. The molecule has 0 aliphatic carbocycles. The van der Waals surface area contributed by atoms with Gasteiger partial charge in [0.1, 0.15) is 0 Å². The molecule has 1 amide bonds. The average molecular weight is 219 g/mol. The summed E-state index contributed by atoms with van der Waals surface area (Å²) in [5.74, 6) is 0. The van der Waals surface area contributed by atoms with E-state index in [0.717, 1.165) is 19.2 Å². The van der Waals surface area contributed by atoms with Crippen molar-refractivity contribution in [3.8, 4) is 0 Å². The third kappa shape index (κ3) is 2.39. The van der Waals surface area contributed by atoms with Crippen LogP contribution in [0.4, 0.5) is 23.7 Å². The lowest BCUT2D eigenvalue weighted by atomic mass is 10.1. The number of amides is 1. The van der Waals surface area contributed by atoms with Crippen molar-refractivity contribution in [2.75, 3.05) is 11.9 Å². The summed E-state index contributed by atoms with van der Waals surface area (Å²) in [5, 5.41) is 8.58. The fourth-order valence-corrected chi connectivity index (χ4v) is 1.11. The monoisotopic (exact) mass is 219 g/mol. The topological polar surface area (TPSA) is 40.5 Å². The van der Waals surface area contributed by atoms with Crippen molar-refractivity contribution < 1.29 is 23.1 Å². The van der Waals surface area contributed by atoms with Crippen molar-refractivity contribution >= 4 is 11.8 Å². The Labute approximate surface area is 83.7 Å². The maximum atomic E-state index is 12.5. The first-order valence-electron chi connectivity index (χ1n) is 3.97. The van der Waals surface area contributed by atoms with Gasteiger partial charge in [-0.25, -0.2) is 4.79 Å². The molecule has 0 bridgehead atoms. The number of alkyl halides is 3. The first-order chi connectivity index (χ1) is 6.84. The highest BCUT2D eigenvalue weighted by Gasteiger charge is 2.34. The number of rotatable bonds is 1. The zero-order valence-corrected chi connectivity index (χ0v) is 7.75. The van der Waals surface area contributed by atoms with Gasteiger partial charge in [0.05, 0.1) is 11.3 Å². The van der Waals surface area contributed by atoms with Crippen LogP contribution in [-0.2, 0) is 6.18 Å². The van der Waals surface area contributed by atoms with E-state index in [0.29, 0.717) is 4.90 Å². The Morgan fingerprint density at radius 1 is 1.33 bits per heavy atom. The number of carbonyl (C=O) groups is 1. The molecule has 15 heavy (non-hydrogen) atoms. The van der Waals surface area contributed by atoms with Crippen LogP contribution in [0.3, 0.4) is 0 Å². The molecule has 0 saturated carbocycles. The second kappa shape index (κ2) is 3.80. The molecule has 0 heterocycles. The first-order valence-corrected chi connectivity index (χ1v) is 3.97. The van der Waals surface area contributed by atoms with Gasteiger partial charge in [-0.15, -0.1) is 0 Å². The lowest BCUT2D eigenvalue weighted by Gasteiger charge is -2.18. The maximum absolute atomic E-state index is 12.5. The number of hydrogen-bond donors (Lipinski definition) is 1. The molecule has 0 radical (unpaired) electrons. The summed E-state index contributed by atoms with van der Waals surface area (Å²) in [7, 11) is 1.06. The van der Waals surface area contributed by atoms with Crippen LogP contribution in [0.15, 0.2) is 24.3 Å². The van der Waals surface area contributed by atoms with E-state index >= 15 is 0 Å². The van der Waals surface area contributed by atoms with Gasteiger partial charge in [-0.1, -0.05) is 12.1 Å². The molecular weight excluding hydrogens is 211 g/mol. The summed E-state index contributed by atoms with van der Waals surface area (Å²) in [6.45, 7) is 0. The molecule has 1 aromatic rings. The fraction of sp³-hybridized carbons (Fsp3) is 0.222. The van der Waals surface area contributed by atoms with E-state index in [1.165, 1.54) is 12.1 Å². The molecule has 3 nitrogen and oxygen atoms in total. The maximum Gasteiger partial charge on any atom is 0.418 e. The highest BCUT2D eigenvalue weighted by Crippen LogP contribution is 2.35. The smallest absolute Gasteiger partial charge is 0.418 e. The molecule has 1 rings (SSSR count). The lowest BCUT2D eigenvalue weighted by Crippen LogP contribution is -2.26. The minimum Gasteiger partial charge on any atom is -0.465 e. The number of anilines is 1. The molecule has 0 unspecified atom stereocenters. The third-order valence-electron chi connectivity index (χ3n) is 1.86. The second-order valence-corrected chi connectivity index (χ2v) is 2.86. The summed E-state index contributed by atoms with van der Waals surface area (Å²) in [6.07, 6.45) is -5.99. The molecule has 0 atom stereocenters. The normalized spacial score (nSPS) is 11.2. The van der Waals surface area contributed by atoms with Crippen molar-refractivity contribution in [2.24, 2.45) is 0 Å². The number of halogens is 3. The van der Waals surface area contributed by atoms with E-state index in [9.17, 15) is 18.0 Å². The molecule has 1 aromatic carbocycles. The summed E-state index contributed by atoms with van der Waals surface area (Å²) < 4.78 is 37.4. The SMILES string of the molecule is CN(C(=O)O)c1ccccc1C(F)(F)F. The van der Waals surface area contributed by atoms with Crippen molar-refractivity contribution in [2.45, 2.75) is 6.18 Å². The number of carboxylic acid groups (broad SMARTS) is 1. The van der Waals surface area contributed by atoms with Gasteiger partial charge >= 0.3 is 12.3 Å². The second-order valence-electron chi connectivity index (χ2n) is 2.86. The van der Waals surface area contributed by atoms with Gasteiger partial charge in [-0.05, 0) is 12.1 Å². The molecule has 0 spiro atoms. The molecule has 82 valence electrons. The molecule has 0 saturated heterocycles. The van der Waals surface area contributed by atoms with Gasteiger partial charge < -0.3 is 5.11 Å². The van der Waals surface area contributed by atoms with Crippen LogP contribution in [0.25, 0.3) is 0 Å². The van der Waals surface area contributed by atoms with E-state index in [1.54, 1.807) is 0 Å². The van der Waals surface area contributed by atoms with Gasteiger partial charge in [0.15, 0.2) is 0 Å². The van der Waals surface area contributed by atoms with Crippen LogP contribution in [0.5, 0.6) is 0 Å². The summed E-state index contributed by atoms with van der Waals surface area (Å²) >= 11 is 0. The largest absolute Gasteiger partial charge is 0.465 e. The number of para-hydroxylation sites is 1. The number of benzene rings is 1. The van der Waals surface area contributed by atoms with Crippen molar-refractivity contribution in [1.29, 1.82) is 0 Å². The van der Waals surface area contributed by atoms with E-state index in [2.05, 4.69) is 0 Å². The number of nitrogens with zero attached hydrogens (tertiary/aromatic N) is 1. The van der Waals surface area contributed by atoms with Crippen molar-refractivity contribution in [3.63, 3.8) is 0 Å². The molecule has 6 heteroatoms. The van der Waals surface area contributed by atoms with Crippen LogP contribution in [-0.4, -0.2) is 18.2 Å². The van der Waals surface area contributed by atoms with Crippen molar-refractivity contribution in [1.82, 2.24) is 0 Å². The predicted octanol–water partition coefficient (Wildman–Crippen LogP) is 2.82. The Bertz CT molecular complexity index is 376. The van der Waals surface area contributed by atoms with Crippen LogP contribution in [0.2, 0.25) is 0 Å². The molecule has 0 aliphatic rings. The Balaban J connectivity index is 3.24. The molecule has 1 N–H and O–H groups in total. The average Bonchev–Trinajstić information content (AvgIpc) is 2.15. The highest BCUT2D eigenvalue weighted by atomic mass is 19.4. The molecule has 0 aromatic heterocycles. The Hall–Kier alpha value is -1.72. The number of hydrogen-bond acceptors (Lipinski definition) is 1. The van der Waals surface area contributed by atoms with Crippen molar-refractivity contribution in [3.05, 3.63) is 29.8 Å². The van der Waals surface area contributed by atoms with Crippen LogP contribution >= 0.6 is 0 Å². The zero-order chi connectivity index (χ0) is 11.6. The van der Waals surface area contributed by atoms with Crippen LogP contribution in [0, 0.1) is 0 Å². The molecule has 0 fully saturated rings. The predicted molar refractivity (Wildman–Crippen MR) is 47.9 cm³/mol. The van der Waals surface area contributed by atoms with Gasteiger partial charge in [0, 0.05) is 7.05 Å². The Kier molecular flexibility index (Phi) is 2.88. The standard InChI is InChI=1S/C9H8F3NO2/c1-13(8(14)15)7-5-3-2-4-6(7)9(10,11)12/h2-5H,1H3,(H,14,15). The summed E-state index contributed by atoms with van der Waals surface area (Å²) in [4.78, 5) is 11.1. The van der Waals surface area contributed by atoms with E-state index < -0.39 is 17.8 Å². The summed E-state index contributed by atoms with van der Waals surface area (Å²) in [6, 6.07) is 4.51. The van der Waals surface area contributed by atoms with Gasteiger partial charge in [-0.3, -0.25) is 4.90 Å². The van der Waals surface area contributed by atoms with Gasteiger partial charge in [-0.2, -0.15) is 13.2 Å². The Morgan fingerprint density at radius 3 is 2.33 bits per heavy atom. The highest BCUT2D eigenvalue weighted by molar-refractivity contribution is 5.86. The molecular formula is C9H8F3NO2. The van der Waals surface area contributed by atoms with Crippen LogP contribution < -0.4 is 4.90 Å².